The van der Waals surface area contributed by atoms with Gasteiger partial charge in [-0.15, -0.1) is 0 Å². The number of hydrogen-bond acceptors (Lipinski definition) is 2. The van der Waals surface area contributed by atoms with Crippen molar-refractivity contribution in [3.05, 3.63) is 52.0 Å². The number of halogens is 2. The van der Waals surface area contributed by atoms with Gasteiger partial charge in [-0.3, -0.25) is 0 Å². The molecule has 0 radical (unpaired) electrons. The molecule has 1 heterocycles. The fourth-order valence-electron chi connectivity index (χ4n) is 1.86. The Morgan fingerprint density at radius 3 is 2.83 bits per heavy atom. The summed E-state index contributed by atoms with van der Waals surface area (Å²) in [5.74, 6) is 0. The molecule has 1 atom stereocenters. The Bertz CT molecular complexity index is 535. The van der Waals surface area contributed by atoms with E-state index in [0.29, 0.717) is 10.0 Å². The molecule has 0 bridgehead atoms. The quantitative estimate of drug-likeness (QED) is 0.934. The summed E-state index contributed by atoms with van der Waals surface area (Å²) in [5, 5.41) is 1.35. The van der Waals surface area contributed by atoms with Gasteiger partial charge in [-0.25, -0.2) is 4.98 Å². The molecular formula is C13H15Cl2N3. The fourth-order valence-corrected chi connectivity index (χ4v) is 2.37. The number of hydrogen-bond donors (Lipinski definition) is 1. The molecule has 0 aliphatic heterocycles. The Balaban J connectivity index is 2.09. The second-order valence-corrected chi connectivity index (χ2v) is 5.13. The van der Waals surface area contributed by atoms with Gasteiger partial charge in [-0.1, -0.05) is 29.3 Å². The predicted molar refractivity (Wildman–Crippen MR) is 75.0 cm³/mol. The average molecular weight is 284 g/mol. The zero-order valence-corrected chi connectivity index (χ0v) is 11.6. The first kappa shape index (κ1) is 13.4. The van der Waals surface area contributed by atoms with Crippen molar-refractivity contribution >= 4 is 23.2 Å². The van der Waals surface area contributed by atoms with E-state index in [1.54, 1.807) is 18.6 Å². The maximum atomic E-state index is 6.14. The van der Waals surface area contributed by atoms with Crippen LogP contribution in [0.3, 0.4) is 0 Å². The van der Waals surface area contributed by atoms with Crippen molar-refractivity contribution in [2.45, 2.75) is 25.9 Å². The third-order valence-corrected chi connectivity index (χ3v) is 3.44. The number of imidazole rings is 1. The van der Waals surface area contributed by atoms with Crippen LogP contribution in [0.5, 0.6) is 0 Å². The molecule has 0 spiro atoms. The minimum absolute atomic E-state index is 0.0202. The van der Waals surface area contributed by atoms with Crippen LogP contribution in [0.2, 0.25) is 10.0 Å². The van der Waals surface area contributed by atoms with Gasteiger partial charge in [0.05, 0.1) is 12.0 Å². The summed E-state index contributed by atoms with van der Waals surface area (Å²) in [6, 6.07) is 5.54. The van der Waals surface area contributed by atoms with Crippen molar-refractivity contribution < 1.29 is 0 Å². The molecule has 2 N–H and O–H groups in total. The SMILES string of the molecule is C[C@H](N)c1cncn1CCc1ccc(Cl)cc1Cl. The Kier molecular flexibility index (Phi) is 4.27. The Morgan fingerprint density at radius 1 is 1.39 bits per heavy atom. The Labute approximate surface area is 117 Å². The highest BCUT2D eigenvalue weighted by molar-refractivity contribution is 6.35. The minimum Gasteiger partial charge on any atom is -0.333 e. The van der Waals surface area contributed by atoms with Gasteiger partial charge in [0.15, 0.2) is 0 Å². The number of benzene rings is 1. The van der Waals surface area contributed by atoms with Crippen molar-refractivity contribution in [1.29, 1.82) is 0 Å². The van der Waals surface area contributed by atoms with Crippen LogP contribution in [0.25, 0.3) is 0 Å². The highest BCUT2D eigenvalue weighted by Gasteiger charge is 2.07. The highest BCUT2D eigenvalue weighted by Crippen LogP contribution is 2.22. The molecule has 2 rings (SSSR count). The van der Waals surface area contributed by atoms with Crippen molar-refractivity contribution in [1.82, 2.24) is 9.55 Å². The Hall–Kier alpha value is -1.03. The smallest absolute Gasteiger partial charge is 0.0948 e. The van der Waals surface area contributed by atoms with Gasteiger partial charge in [-0.2, -0.15) is 0 Å². The summed E-state index contributed by atoms with van der Waals surface area (Å²) in [5.41, 5.74) is 7.98. The minimum atomic E-state index is -0.0202. The first-order chi connectivity index (χ1) is 8.58. The van der Waals surface area contributed by atoms with Crippen molar-refractivity contribution in [3.63, 3.8) is 0 Å². The first-order valence-corrected chi connectivity index (χ1v) is 6.53. The molecule has 0 fully saturated rings. The summed E-state index contributed by atoms with van der Waals surface area (Å²) in [6.45, 7) is 2.75. The second-order valence-electron chi connectivity index (χ2n) is 4.29. The van der Waals surface area contributed by atoms with Gasteiger partial charge in [0.2, 0.25) is 0 Å². The van der Waals surface area contributed by atoms with Crippen LogP contribution in [-0.2, 0) is 13.0 Å². The van der Waals surface area contributed by atoms with Crippen molar-refractivity contribution in [2.75, 3.05) is 0 Å². The molecule has 5 heteroatoms. The third kappa shape index (κ3) is 3.05. The van der Waals surface area contributed by atoms with E-state index >= 15 is 0 Å². The van der Waals surface area contributed by atoms with Gasteiger partial charge in [0.25, 0.3) is 0 Å². The van der Waals surface area contributed by atoms with Crippen molar-refractivity contribution in [3.8, 4) is 0 Å². The van der Waals surface area contributed by atoms with E-state index in [0.717, 1.165) is 24.2 Å². The van der Waals surface area contributed by atoms with Gasteiger partial charge < -0.3 is 10.3 Å². The van der Waals surface area contributed by atoms with Crippen LogP contribution >= 0.6 is 23.2 Å². The Morgan fingerprint density at radius 2 is 2.17 bits per heavy atom. The topological polar surface area (TPSA) is 43.8 Å². The molecule has 96 valence electrons. The summed E-state index contributed by atoms with van der Waals surface area (Å²) < 4.78 is 2.05. The predicted octanol–water partition coefficient (Wildman–Crippen LogP) is 3.45. The molecule has 0 saturated carbocycles. The van der Waals surface area contributed by atoms with Crippen LogP contribution in [0.4, 0.5) is 0 Å². The van der Waals surface area contributed by atoms with E-state index in [1.807, 2.05) is 19.1 Å². The first-order valence-electron chi connectivity index (χ1n) is 5.77. The van der Waals surface area contributed by atoms with E-state index in [9.17, 15) is 0 Å². The number of nitrogens with zero attached hydrogens (tertiary/aromatic N) is 2. The fraction of sp³-hybridized carbons (Fsp3) is 0.308. The van der Waals surface area contributed by atoms with Gasteiger partial charge in [0, 0.05) is 28.8 Å². The van der Waals surface area contributed by atoms with Gasteiger partial charge in [0.1, 0.15) is 0 Å². The number of nitrogens with two attached hydrogens (primary N) is 1. The molecule has 0 unspecified atom stereocenters. The van der Waals surface area contributed by atoms with Gasteiger partial charge in [-0.05, 0) is 31.0 Å². The molecule has 18 heavy (non-hydrogen) atoms. The molecule has 0 aliphatic rings. The normalized spacial score (nSPS) is 12.7. The third-order valence-electron chi connectivity index (χ3n) is 2.85. The molecule has 1 aromatic heterocycles. The number of aromatic nitrogens is 2. The molecule has 1 aromatic carbocycles. The summed E-state index contributed by atoms with van der Waals surface area (Å²) in [4.78, 5) is 4.12. The van der Waals surface area contributed by atoms with E-state index in [4.69, 9.17) is 28.9 Å². The van der Waals surface area contributed by atoms with Crippen LogP contribution in [0.15, 0.2) is 30.7 Å². The molecule has 0 aliphatic carbocycles. The lowest BCUT2D eigenvalue weighted by atomic mass is 10.1. The standard InChI is InChI=1S/C13H15Cl2N3/c1-9(16)13-7-17-8-18(13)5-4-10-2-3-11(14)6-12(10)15/h2-3,6-9H,4-5,16H2,1H3/t9-/m0/s1. The van der Waals surface area contributed by atoms with Gasteiger partial charge >= 0.3 is 0 Å². The summed E-state index contributed by atoms with van der Waals surface area (Å²) >= 11 is 12.0. The maximum Gasteiger partial charge on any atom is 0.0948 e. The van der Waals surface area contributed by atoms with Crippen LogP contribution in [0, 0.1) is 0 Å². The second kappa shape index (κ2) is 5.74. The monoisotopic (exact) mass is 283 g/mol. The van der Waals surface area contributed by atoms with Crippen molar-refractivity contribution in [2.24, 2.45) is 5.73 Å². The summed E-state index contributed by atoms with van der Waals surface area (Å²) in [7, 11) is 0. The molecular weight excluding hydrogens is 269 g/mol. The van der Waals surface area contributed by atoms with Crippen LogP contribution < -0.4 is 5.73 Å². The van der Waals surface area contributed by atoms with Crippen LogP contribution in [0.1, 0.15) is 24.2 Å². The molecule has 3 nitrogen and oxygen atoms in total. The number of aryl methyl sites for hydroxylation is 2. The zero-order valence-electron chi connectivity index (χ0n) is 10.1. The molecule has 0 saturated heterocycles. The van der Waals surface area contributed by atoms with E-state index in [-0.39, 0.29) is 6.04 Å². The average Bonchev–Trinajstić information content (AvgIpc) is 2.76. The number of rotatable bonds is 4. The largest absolute Gasteiger partial charge is 0.333 e. The molecule has 2 aromatic rings. The maximum absolute atomic E-state index is 6.14. The van der Waals surface area contributed by atoms with Crippen LogP contribution in [-0.4, -0.2) is 9.55 Å². The lowest BCUT2D eigenvalue weighted by Crippen LogP contribution is -2.12. The molecule has 0 amide bonds. The highest BCUT2D eigenvalue weighted by atomic mass is 35.5. The van der Waals surface area contributed by atoms with E-state index in [1.165, 1.54) is 0 Å². The van der Waals surface area contributed by atoms with E-state index < -0.39 is 0 Å². The zero-order chi connectivity index (χ0) is 13.1. The lowest BCUT2D eigenvalue weighted by molar-refractivity contribution is 0.624. The lowest BCUT2D eigenvalue weighted by Gasteiger charge is -2.11. The summed E-state index contributed by atoms with van der Waals surface area (Å²) in [6.07, 6.45) is 4.42. The van der Waals surface area contributed by atoms with E-state index in [2.05, 4.69) is 9.55 Å².